The van der Waals surface area contributed by atoms with Crippen molar-refractivity contribution in [2.75, 3.05) is 0 Å². The molecule has 3 aromatic rings. The number of hydrogen-bond donors (Lipinski definition) is 0. The maximum absolute atomic E-state index is 5.88. The van der Waals surface area contributed by atoms with E-state index in [1.54, 1.807) is 6.08 Å². The highest BCUT2D eigenvalue weighted by atomic mass is 127. The van der Waals surface area contributed by atoms with Crippen LogP contribution < -0.4 is 0 Å². The Morgan fingerprint density at radius 2 is 1.90 bits per heavy atom. The lowest BCUT2D eigenvalue weighted by Gasteiger charge is -2.05. The molecule has 98 valence electrons. The third-order valence-electron chi connectivity index (χ3n) is 3.33. The molecule has 0 fully saturated rings. The standard InChI is InChI=1S/C17H12INO/c1-3-11-9-17-14(10-13(11)15(4-2)19-18)12-7-5-6-8-16(12)20-17/h3-10H,1-2H2/b19-15-. The Labute approximate surface area is 131 Å². The van der Waals surface area contributed by atoms with Crippen LogP contribution >= 0.6 is 22.9 Å². The molecule has 2 aromatic carbocycles. The van der Waals surface area contributed by atoms with E-state index in [1.165, 1.54) is 0 Å². The molecule has 0 saturated carbocycles. The molecular formula is C17H12INO. The molecule has 0 bridgehead atoms. The average molecular weight is 373 g/mol. The summed E-state index contributed by atoms with van der Waals surface area (Å²) in [6.45, 7) is 7.69. The molecule has 20 heavy (non-hydrogen) atoms. The maximum atomic E-state index is 5.88. The van der Waals surface area contributed by atoms with Crippen molar-refractivity contribution in [2.45, 2.75) is 0 Å². The smallest absolute Gasteiger partial charge is 0.136 e. The van der Waals surface area contributed by atoms with Crippen LogP contribution in [0.3, 0.4) is 0 Å². The zero-order valence-corrected chi connectivity index (χ0v) is 12.9. The van der Waals surface area contributed by atoms with Crippen LogP contribution in [0, 0.1) is 0 Å². The van der Waals surface area contributed by atoms with Gasteiger partial charge in [0.15, 0.2) is 0 Å². The predicted molar refractivity (Wildman–Crippen MR) is 94.6 cm³/mol. The fraction of sp³-hybridized carbons (Fsp3) is 0. The molecule has 1 heterocycles. The number of halogens is 1. The second kappa shape index (κ2) is 5.25. The van der Waals surface area contributed by atoms with E-state index in [-0.39, 0.29) is 0 Å². The van der Waals surface area contributed by atoms with Crippen LogP contribution in [0.4, 0.5) is 0 Å². The number of fused-ring (bicyclic) bond motifs is 3. The zero-order valence-electron chi connectivity index (χ0n) is 10.8. The highest BCUT2D eigenvalue weighted by molar-refractivity contribution is 14.1. The molecule has 0 radical (unpaired) electrons. The number of rotatable bonds is 3. The summed E-state index contributed by atoms with van der Waals surface area (Å²) >= 11 is 1.99. The van der Waals surface area contributed by atoms with Crippen molar-refractivity contribution in [1.29, 1.82) is 0 Å². The van der Waals surface area contributed by atoms with E-state index in [1.807, 2.05) is 53.2 Å². The lowest BCUT2D eigenvalue weighted by molar-refractivity contribution is 0.669. The van der Waals surface area contributed by atoms with Crippen molar-refractivity contribution in [3.8, 4) is 0 Å². The summed E-state index contributed by atoms with van der Waals surface area (Å²) in [4.78, 5) is 0. The van der Waals surface area contributed by atoms with Crippen LogP contribution in [0.1, 0.15) is 11.1 Å². The van der Waals surface area contributed by atoms with Crippen LogP contribution in [0.2, 0.25) is 0 Å². The van der Waals surface area contributed by atoms with E-state index >= 15 is 0 Å². The highest BCUT2D eigenvalue weighted by Crippen LogP contribution is 2.31. The molecule has 2 nitrogen and oxygen atoms in total. The number of para-hydroxylation sites is 1. The van der Waals surface area contributed by atoms with Gasteiger partial charge in [0.05, 0.1) is 28.6 Å². The van der Waals surface area contributed by atoms with Gasteiger partial charge in [-0.1, -0.05) is 37.4 Å². The monoisotopic (exact) mass is 373 g/mol. The number of nitrogens with zero attached hydrogens (tertiary/aromatic N) is 1. The topological polar surface area (TPSA) is 25.5 Å². The van der Waals surface area contributed by atoms with E-state index in [0.29, 0.717) is 0 Å². The molecule has 0 N–H and O–H groups in total. The minimum absolute atomic E-state index is 0.840. The van der Waals surface area contributed by atoms with E-state index in [4.69, 9.17) is 4.42 Å². The first-order chi connectivity index (χ1) is 9.78. The second-order valence-electron chi connectivity index (χ2n) is 4.41. The molecule has 0 aliphatic rings. The molecular weight excluding hydrogens is 361 g/mol. The molecule has 0 amide bonds. The summed E-state index contributed by atoms with van der Waals surface area (Å²) in [5, 5.41) is 2.19. The van der Waals surface area contributed by atoms with E-state index in [9.17, 15) is 0 Å². The summed E-state index contributed by atoms with van der Waals surface area (Å²) in [7, 11) is 0. The summed E-state index contributed by atoms with van der Waals surface area (Å²) in [5.74, 6) is 0. The minimum Gasteiger partial charge on any atom is -0.456 e. The van der Waals surface area contributed by atoms with Gasteiger partial charge in [0, 0.05) is 16.3 Å². The Morgan fingerprint density at radius 1 is 1.10 bits per heavy atom. The molecule has 0 aliphatic carbocycles. The Balaban J connectivity index is 2.43. The van der Waals surface area contributed by atoms with Crippen molar-refractivity contribution >= 4 is 56.6 Å². The summed E-state index contributed by atoms with van der Waals surface area (Å²) in [6.07, 6.45) is 3.57. The largest absolute Gasteiger partial charge is 0.456 e. The van der Waals surface area contributed by atoms with Gasteiger partial charge in [0.2, 0.25) is 0 Å². The molecule has 0 unspecified atom stereocenters. The average Bonchev–Trinajstić information content (AvgIpc) is 2.85. The number of benzene rings is 2. The van der Waals surface area contributed by atoms with Gasteiger partial charge in [-0.15, -0.1) is 0 Å². The molecule has 3 heteroatoms. The lowest BCUT2D eigenvalue weighted by Crippen LogP contribution is -1.98. The Morgan fingerprint density at radius 3 is 2.60 bits per heavy atom. The first-order valence-electron chi connectivity index (χ1n) is 6.18. The van der Waals surface area contributed by atoms with E-state index in [0.717, 1.165) is 38.8 Å². The lowest BCUT2D eigenvalue weighted by atomic mass is 9.99. The van der Waals surface area contributed by atoms with Crippen LogP contribution in [0.25, 0.3) is 28.0 Å². The van der Waals surface area contributed by atoms with Gasteiger partial charge in [-0.25, -0.2) is 3.21 Å². The number of furan rings is 1. The summed E-state index contributed by atoms with van der Waals surface area (Å²) in [5.41, 5.74) is 4.60. The van der Waals surface area contributed by atoms with Gasteiger partial charge in [-0.05, 0) is 29.8 Å². The third kappa shape index (κ3) is 1.98. The van der Waals surface area contributed by atoms with Gasteiger partial charge < -0.3 is 4.42 Å². The molecule has 0 saturated heterocycles. The Hall–Kier alpha value is -1.88. The van der Waals surface area contributed by atoms with Crippen molar-refractivity contribution in [3.05, 3.63) is 66.8 Å². The van der Waals surface area contributed by atoms with Crippen molar-refractivity contribution in [1.82, 2.24) is 0 Å². The van der Waals surface area contributed by atoms with Gasteiger partial charge in [-0.3, -0.25) is 0 Å². The Bertz CT molecular complexity index is 858. The van der Waals surface area contributed by atoms with Crippen molar-refractivity contribution < 1.29 is 4.42 Å². The Kier molecular flexibility index (Phi) is 3.44. The molecule has 0 aliphatic heterocycles. The van der Waals surface area contributed by atoms with Gasteiger partial charge >= 0.3 is 0 Å². The molecule has 3 rings (SSSR count). The quantitative estimate of drug-likeness (QED) is 0.436. The molecule has 1 aromatic heterocycles. The minimum atomic E-state index is 0.840. The fourth-order valence-electron chi connectivity index (χ4n) is 2.37. The first-order valence-corrected chi connectivity index (χ1v) is 7.14. The maximum Gasteiger partial charge on any atom is 0.136 e. The normalized spacial score (nSPS) is 11.9. The van der Waals surface area contributed by atoms with Crippen molar-refractivity contribution in [2.24, 2.45) is 3.21 Å². The third-order valence-corrected chi connectivity index (χ3v) is 3.85. The van der Waals surface area contributed by atoms with Crippen LogP contribution in [-0.4, -0.2) is 5.71 Å². The first kappa shape index (κ1) is 13.1. The molecule has 0 atom stereocenters. The van der Waals surface area contributed by atoms with Gasteiger partial charge in [0.25, 0.3) is 0 Å². The fourth-order valence-corrected chi connectivity index (χ4v) is 2.82. The molecule has 0 spiro atoms. The van der Waals surface area contributed by atoms with Crippen LogP contribution in [0.5, 0.6) is 0 Å². The van der Waals surface area contributed by atoms with E-state index < -0.39 is 0 Å². The zero-order chi connectivity index (χ0) is 14.1. The van der Waals surface area contributed by atoms with Crippen LogP contribution in [0.15, 0.2) is 63.3 Å². The summed E-state index contributed by atoms with van der Waals surface area (Å²) < 4.78 is 10.1. The number of allylic oxidation sites excluding steroid dienone is 1. The van der Waals surface area contributed by atoms with Gasteiger partial charge in [0.1, 0.15) is 11.2 Å². The second-order valence-corrected chi connectivity index (χ2v) is 4.89. The highest BCUT2D eigenvalue weighted by Gasteiger charge is 2.12. The predicted octanol–water partition coefficient (Wildman–Crippen LogP) is 5.55. The van der Waals surface area contributed by atoms with Crippen LogP contribution in [-0.2, 0) is 0 Å². The van der Waals surface area contributed by atoms with E-state index in [2.05, 4.69) is 28.5 Å². The summed E-state index contributed by atoms with van der Waals surface area (Å²) in [6, 6.07) is 12.1. The van der Waals surface area contributed by atoms with Crippen molar-refractivity contribution in [3.63, 3.8) is 0 Å². The van der Waals surface area contributed by atoms with Gasteiger partial charge in [-0.2, -0.15) is 0 Å². The SMILES string of the molecule is C=C/C(=N/I)c1cc2c(cc1C=C)oc1ccccc12. The number of hydrogen-bond acceptors (Lipinski definition) is 2.